The van der Waals surface area contributed by atoms with Crippen LogP contribution in [0.2, 0.25) is 0 Å². The molecule has 21 heavy (non-hydrogen) atoms. The van der Waals surface area contributed by atoms with E-state index in [-0.39, 0.29) is 17.7 Å². The number of hydrogen-bond donors (Lipinski definition) is 1. The molecule has 2 aromatic rings. The van der Waals surface area contributed by atoms with Crippen molar-refractivity contribution in [2.75, 3.05) is 0 Å². The molecule has 3 nitrogen and oxygen atoms in total. The predicted octanol–water partition coefficient (Wildman–Crippen LogP) is 3.14. The number of benzene rings is 1. The van der Waals surface area contributed by atoms with Crippen molar-refractivity contribution < 1.29 is 22.7 Å². The van der Waals surface area contributed by atoms with Crippen molar-refractivity contribution in [2.45, 2.75) is 18.8 Å². The Labute approximate surface area is 117 Å². The summed E-state index contributed by atoms with van der Waals surface area (Å²) < 4.78 is 51.7. The van der Waals surface area contributed by atoms with Gasteiger partial charge >= 0.3 is 6.18 Å². The summed E-state index contributed by atoms with van der Waals surface area (Å²) in [6.45, 7) is 0.0330. The second-order valence-corrected chi connectivity index (χ2v) is 4.47. The Morgan fingerprint density at radius 1 is 1.29 bits per heavy atom. The third-order valence-corrected chi connectivity index (χ3v) is 2.94. The van der Waals surface area contributed by atoms with Crippen LogP contribution >= 0.6 is 0 Å². The second kappa shape index (κ2) is 5.58. The largest absolute Gasteiger partial charge is 0.418 e. The first-order valence-corrected chi connectivity index (χ1v) is 5.90. The van der Waals surface area contributed by atoms with Gasteiger partial charge in [0.2, 0.25) is 0 Å². The molecule has 1 atom stereocenters. The van der Waals surface area contributed by atoms with Gasteiger partial charge in [0.1, 0.15) is 5.82 Å². The van der Waals surface area contributed by atoms with Crippen molar-refractivity contribution in [3.05, 3.63) is 59.2 Å². The summed E-state index contributed by atoms with van der Waals surface area (Å²) in [5, 5.41) is 18.0. The Bertz CT molecular complexity index is 685. The van der Waals surface area contributed by atoms with E-state index in [4.69, 9.17) is 10.4 Å². The number of hydrogen-bond acceptors (Lipinski definition) is 2. The van der Waals surface area contributed by atoms with Crippen LogP contribution < -0.4 is 0 Å². The minimum Gasteiger partial charge on any atom is -0.379 e. The molecule has 1 unspecified atom stereocenters. The van der Waals surface area contributed by atoms with Crippen molar-refractivity contribution in [3.8, 4) is 6.07 Å². The van der Waals surface area contributed by atoms with Crippen LogP contribution in [0.5, 0.6) is 0 Å². The fourth-order valence-corrected chi connectivity index (χ4v) is 1.91. The lowest BCUT2D eigenvalue weighted by atomic mass is 10.1. The van der Waals surface area contributed by atoms with Gasteiger partial charge in [-0.2, -0.15) is 18.4 Å². The van der Waals surface area contributed by atoms with E-state index in [9.17, 15) is 17.6 Å². The molecule has 0 aliphatic heterocycles. The minimum absolute atomic E-state index is 0.0330. The van der Waals surface area contributed by atoms with Gasteiger partial charge in [0.15, 0.2) is 6.10 Å². The quantitative estimate of drug-likeness (QED) is 0.885. The van der Waals surface area contributed by atoms with Gasteiger partial charge in [-0.15, -0.1) is 0 Å². The first kappa shape index (κ1) is 15.1. The lowest BCUT2D eigenvalue weighted by Gasteiger charge is -2.12. The second-order valence-electron chi connectivity index (χ2n) is 4.47. The molecule has 0 saturated carbocycles. The number of nitriles is 1. The molecule has 0 bridgehead atoms. The van der Waals surface area contributed by atoms with Crippen molar-refractivity contribution in [1.82, 2.24) is 4.57 Å². The first-order chi connectivity index (χ1) is 9.81. The number of halogens is 4. The van der Waals surface area contributed by atoms with Crippen LogP contribution in [0.3, 0.4) is 0 Å². The summed E-state index contributed by atoms with van der Waals surface area (Å²) in [6.07, 6.45) is -4.87. The third kappa shape index (κ3) is 3.41. The lowest BCUT2D eigenvalue weighted by Crippen LogP contribution is -2.19. The van der Waals surface area contributed by atoms with Gasteiger partial charge < -0.3 is 9.67 Å². The first-order valence-electron chi connectivity index (χ1n) is 5.90. The number of aliphatic hydroxyl groups excluding tert-OH is 1. The summed E-state index contributed by atoms with van der Waals surface area (Å²) in [5.41, 5.74) is 0.279. The Kier molecular flexibility index (Phi) is 4.00. The number of aliphatic hydroxyl groups is 1. The van der Waals surface area contributed by atoms with Crippen LogP contribution in [-0.2, 0) is 6.54 Å². The molecule has 1 N–H and O–H groups in total. The maximum atomic E-state index is 13.2. The molecule has 7 heteroatoms. The zero-order valence-corrected chi connectivity index (χ0v) is 10.6. The Morgan fingerprint density at radius 2 is 2.00 bits per heavy atom. The normalized spacial score (nSPS) is 13.0. The molecular weight excluding hydrogens is 288 g/mol. The summed E-state index contributed by atoms with van der Waals surface area (Å²) in [5.74, 6) is -0.535. The van der Waals surface area contributed by atoms with Crippen LogP contribution in [0.1, 0.15) is 22.8 Å². The predicted molar refractivity (Wildman–Crippen MR) is 65.7 cm³/mol. The molecule has 0 aliphatic carbocycles. The van der Waals surface area contributed by atoms with Gasteiger partial charge in [0.25, 0.3) is 0 Å². The Balaban J connectivity index is 2.25. The summed E-state index contributed by atoms with van der Waals surface area (Å²) >= 11 is 0. The number of rotatable bonds is 3. The van der Waals surface area contributed by atoms with Crippen molar-refractivity contribution in [3.63, 3.8) is 0 Å². The molecule has 0 saturated heterocycles. The lowest BCUT2D eigenvalue weighted by molar-refractivity contribution is -0.206. The van der Waals surface area contributed by atoms with E-state index in [2.05, 4.69) is 0 Å². The van der Waals surface area contributed by atoms with E-state index in [0.29, 0.717) is 5.56 Å². The summed E-state index contributed by atoms with van der Waals surface area (Å²) in [4.78, 5) is 0. The van der Waals surface area contributed by atoms with Crippen LogP contribution in [0.25, 0.3) is 0 Å². The van der Waals surface area contributed by atoms with Gasteiger partial charge in [0.05, 0.1) is 11.6 Å². The standard InChI is InChI=1S/C14H10F4N2O/c15-12-2-1-9(6-19)11(5-12)8-20-4-3-10(7-20)13(21)14(16,17)18/h1-5,7,13,21H,8H2. The molecule has 1 heterocycles. The van der Waals surface area contributed by atoms with Crippen LogP contribution in [0.15, 0.2) is 36.7 Å². The van der Waals surface area contributed by atoms with E-state index in [0.717, 1.165) is 24.4 Å². The molecule has 0 aliphatic rings. The van der Waals surface area contributed by atoms with Gasteiger partial charge in [-0.1, -0.05) is 0 Å². The zero-order chi connectivity index (χ0) is 15.6. The highest BCUT2D eigenvalue weighted by atomic mass is 19.4. The number of aromatic nitrogens is 1. The van der Waals surface area contributed by atoms with Gasteiger partial charge in [-0.3, -0.25) is 0 Å². The highest BCUT2D eigenvalue weighted by Gasteiger charge is 2.39. The monoisotopic (exact) mass is 298 g/mol. The molecule has 0 fully saturated rings. The fraction of sp³-hybridized carbons (Fsp3) is 0.214. The average Bonchev–Trinajstić information content (AvgIpc) is 2.85. The van der Waals surface area contributed by atoms with Gasteiger partial charge in [-0.05, 0) is 29.8 Å². The highest BCUT2D eigenvalue weighted by Crippen LogP contribution is 2.32. The van der Waals surface area contributed by atoms with E-state index >= 15 is 0 Å². The van der Waals surface area contributed by atoms with Gasteiger partial charge in [0, 0.05) is 24.5 Å². The summed E-state index contributed by atoms with van der Waals surface area (Å²) in [6, 6.07) is 6.61. The number of nitrogens with zero attached hydrogens (tertiary/aromatic N) is 2. The van der Waals surface area contributed by atoms with Gasteiger partial charge in [-0.25, -0.2) is 4.39 Å². The molecule has 0 spiro atoms. The topological polar surface area (TPSA) is 49.0 Å². The van der Waals surface area contributed by atoms with E-state index in [1.54, 1.807) is 0 Å². The SMILES string of the molecule is N#Cc1ccc(F)cc1Cn1ccc(C(O)C(F)(F)F)c1. The van der Waals surface area contributed by atoms with Crippen molar-refractivity contribution >= 4 is 0 Å². The fourth-order valence-electron chi connectivity index (χ4n) is 1.91. The van der Waals surface area contributed by atoms with E-state index < -0.39 is 18.1 Å². The van der Waals surface area contributed by atoms with E-state index in [1.807, 2.05) is 6.07 Å². The zero-order valence-electron chi connectivity index (χ0n) is 10.6. The summed E-state index contributed by atoms with van der Waals surface area (Å²) in [7, 11) is 0. The minimum atomic E-state index is -4.75. The Hall–Kier alpha value is -2.33. The third-order valence-electron chi connectivity index (χ3n) is 2.94. The number of alkyl halides is 3. The molecule has 2 rings (SSSR count). The Morgan fingerprint density at radius 3 is 2.62 bits per heavy atom. The molecule has 110 valence electrons. The van der Waals surface area contributed by atoms with Crippen molar-refractivity contribution in [1.29, 1.82) is 5.26 Å². The van der Waals surface area contributed by atoms with Crippen LogP contribution in [-0.4, -0.2) is 15.8 Å². The van der Waals surface area contributed by atoms with E-state index in [1.165, 1.54) is 16.8 Å². The molecule has 0 radical (unpaired) electrons. The molecule has 1 aromatic carbocycles. The van der Waals surface area contributed by atoms with Crippen molar-refractivity contribution in [2.24, 2.45) is 0 Å². The molecule has 1 aromatic heterocycles. The average molecular weight is 298 g/mol. The van der Waals surface area contributed by atoms with Crippen LogP contribution in [0, 0.1) is 17.1 Å². The smallest absolute Gasteiger partial charge is 0.379 e. The highest BCUT2D eigenvalue weighted by molar-refractivity contribution is 5.38. The molecular formula is C14H10F4N2O. The van der Waals surface area contributed by atoms with Crippen LogP contribution in [0.4, 0.5) is 17.6 Å². The maximum Gasteiger partial charge on any atom is 0.418 e. The maximum absolute atomic E-state index is 13.2. The molecule has 0 amide bonds.